The van der Waals surface area contributed by atoms with Gasteiger partial charge in [-0.25, -0.2) is 0 Å². The predicted molar refractivity (Wildman–Crippen MR) is 54.7 cm³/mol. The Morgan fingerprint density at radius 1 is 1.38 bits per heavy atom. The molecule has 0 aromatic carbocycles. The third kappa shape index (κ3) is 0.910. The van der Waals surface area contributed by atoms with Gasteiger partial charge in [-0.05, 0) is 6.42 Å². The lowest BCUT2D eigenvalue weighted by Gasteiger charge is -2.40. The van der Waals surface area contributed by atoms with E-state index in [2.05, 4.69) is 22.9 Å². The molecule has 1 aliphatic carbocycles. The lowest BCUT2D eigenvalue weighted by molar-refractivity contribution is -0.243. The first-order valence-electron chi connectivity index (χ1n) is 4.72. The third-order valence-corrected chi connectivity index (χ3v) is 5.39. The summed E-state index contributed by atoms with van der Waals surface area (Å²) >= 11 is 3.66. The smallest absolute Gasteiger partial charge is 0.186 e. The molecule has 0 aromatic heterocycles. The number of fused-ring (bicyclic) bond motifs is 1. The summed E-state index contributed by atoms with van der Waals surface area (Å²) in [5.41, 5.74) is -0.111. The van der Waals surface area contributed by atoms with Crippen molar-refractivity contribution in [1.82, 2.24) is 0 Å². The summed E-state index contributed by atoms with van der Waals surface area (Å²) in [7, 11) is 0. The van der Waals surface area contributed by atoms with Crippen molar-refractivity contribution < 1.29 is 9.84 Å². The Balaban J connectivity index is 2.38. The van der Waals surface area contributed by atoms with Crippen LogP contribution in [0.25, 0.3) is 0 Å². The van der Waals surface area contributed by atoms with Crippen molar-refractivity contribution in [3.63, 3.8) is 0 Å². The van der Waals surface area contributed by atoms with Crippen molar-refractivity contribution in [3.8, 4) is 0 Å². The molecule has 0 unspecified atom stereocenters. The van der Waals surface area contributed by atoms with Crippen LogP contribution in [0.5, 0.6) is 0 Å². The topological polar surface area (TPSA) is 29.5 Å². The van der Waals surface area contributed by atoms with Gasteiger partial charge in [-0.1, -0.05) is 43.6 Å². The third-order valence-electron chi connectivity index (χ3n) is 3.62. The maximum Gasteiger partial charge on any atom is 0.186 e. The fourth-order valence-electron chi connectivity index (χ4n) is 2.38. The van der Waals surface area contributed by atoms with Gasteiger partial charge in [0.25, 0.3) is 0 Å². The minimum Gasteiger partial charge on any atom is -0.364 e. The summed E-state index contributed by atoms with van der Waals surface area (Å²) in [6.07, 6.45) is 1.01. The second-order valence-electron chi connectivity index (χ2n) is 5.72. The highest BCUT2D eigenvalue weighted by Gasteiger charge is 2.80. The molecule has 0 radical (unpaired) electrons. The Hall–Kier alpha value is 0.400. The summed E-state index contributed by atoms with van der Waals surface area (Å²) in [6, 6.07) is 0. The summed E-state index contributed by atoms with van der Waals surface area (Å²) in [5.74, 6) is -1.02. The second kappa shape index (κ2) is 2.15. The average molecular weight is 249 g/mol. The van der Waals surface area contributed by atoms with Crippen molar-refractivity contribution in [1.29, 1.82) is 0 Å². The van der Waals surface area contributed by atoms with Crippen LogP contribution in [-0.2, 0) is 4.74 Å². The molecule has 76 valence electrons. The van der Waals surface area contributed by atoms with E-state index >= 15 is 0 Å². The van der Waals surface area contributed by atoms with Gasteiger partial charge in [0.15, 0.2) is 5.79 Å². The van der Waals surface area contributed by atoms with Gasteiger partial charge in [0.1, 0.15) is 0 Å². The Kier molecular flexibility index (Phi) is 1.64. The van der Waals surface area contributed by atoms with Crippen LogP contribution in [0.15, 0.2) is 0 Å². The number of rotatable bonds is 0. The first-order valence-corrected chi connectivity index (χ1v) is 5.51. The molecule has 0 bridgehead atoms. The van der Waals surface area contributed by atoms with Gasteiger partial charge in [0.2, 0.25) is 0 Å². The molecule has 1 saturated heterocycles. The van der Waals surface area contributed by atoms with Crippen molar-refractivity contribution in [2.75, 3.05) is 6.61 Å². The van der Waals surface area contributed by atoms with Crippen molar-refractivity contribution >= 4 is 15.9 Å². The monoisotopic (exact) mass is 248 g/mol. The molecule has 2 fully saturated rings. The molecule has 0 aromatic rings. The highest BCUT2D eigenvalue weighted by molar-refractivity contribution is 9.10. The van der Waals surface area contributed by atoms with Gasteiger partial charge in [0, 0.05) is 10.8 Å². The zero-order valence-electron chi connectivity index (χ0n) is 8.65. The van der Waals surface area contributed by atoms with E-state index in [1.165, 1.54) is 0 Å². The fourth-order valence-corrected chi connectivity index (χ4v) is 3.82. The van der Waals surface area contributed by atoms with Crippen LogP contribution in [0.2, 0.25) is 0 Å². The standard InChI is InChI=1S/C10H17BrO2/c1-7(2,3)10(12)9(11)5-8(9,4)6-13-10/h12H,5-6H2,1-4H3/t8-,9+,10-/m0/s1. The minimum absolute atomic E-state index is 0.134. The molecule has 1 saturated carbocycles. The SMILES string of the molecule is CC(C)(C)[C@]1(O)OC[C@]2(C)C[C@@]21Br. The van der Waals surface area contributed by atoms with Crippen LogP contribution >= 0.6 is 15.9 Å². The molecule has 0 spiro atoms. The van der Waals surface area contributed by atoms with Crippen LogP contribution in [0, 0.1) is 10.8 Å². The molecule has 2 rings (SSSR count). The van der Waals surface area contributed by atoms with E-state index in [-0.39, 0.29) is 15.2 Å². The Bertz CT molecular complexity index is 256. The zero-order chi connectivity index (χ0) is 10.1. The van der Waals surface area contributed by atoms with Crippen LogP contribution in [0.3, 0.4) is 0 Å². The Morgan fingerprint density at radius 2 is 1.92 bits per heavy atom. The molecule has 3 heteroatoms. The van der Waals surface area contributed by atoms with E-state index in [0.29, 0.717) is 6.61 Å². The number of hydrogen-bond acceptors (Lipinski definition) is 2. The van der Waals surface area contributed by atoms with Crippen LogP contribution in [-0.4, -0.2) is 21.8 Å². The van der Waals surface area contributed by atoms with E-state index in [1.54, 1.807) is 0 Å². The first kappa shape index (κ1) is 9.94. The molecule has 3 atom stereocenters. The highest BCUT2D eigenvalue weighted by Crippen LogP contribution is 2.74. The van der Waals surface area contributed by atoms with Crippen molar-refractivity contribution in [2.24, 2.45) is 10.8 Å². The summed E-state index contributed by atoms with van der Waals surface area (Å²) in [5, 5.41) is 10.5. The fraction of sp³-hybridized carbons (Fsp3) is 1.00. The van der Waals surface area contributed by atoms with Crippen LogP contribution < -0.4 is 0 Å². The average Bonchev–Trinajstić information content (AvgIpc) is 2.43. The largest absolute Gasteiger partial charge is 0.364 e. The molecule has 1 N–H and O–H groups in total. The van der Waals surface area contributed by atoms with Gasteiger partial charge in [-0.3, -0.25) is 0 Å². The van der Waals surface area contributed by atoms with E-state index in [9.17, 15) is 5.11 Å². The highest BCUT2D eigenvalue weighted by atomic mass is 79.9. The first-order chi connectivity index (χ1) is 5.66. The molecule has 13 heavy (non-hydrogen) atoms. The predicted octanol–water partition coefficient (Wildman–Crippen LogP) is 2.29. The second-order valence-corrected chi connectivity index (χ2v) is 7.08. The van der Waals surface area contributed by atoms with Crippen LogP contribution in [0.4, 0.5) is 0 Å². The van der Waals surface area contributed by atoms with Gasteiger partial charge in [-0.2, -0.15) is 0 Å². The van der Waals surface area contributed by atoms with E-state index in [4.69, 9.17) is 4.74 Å². The van der Waals surface area contributed by atoms with Crippen LogP contribution in [0.1, 0.15) is 34.1 Å². The lowest BCUT2D eigenvalue weighted by Crippen LogP contribution is -2.51. The lowest BCUT2D eigenvalue weighted by atomic mass is 9.81. The normalized spacial score (nSPS) is 54.9. The van der Waals surface area contributed by atoms with E-state index < -0.39 is 5.79 Å². The molecule has 2 aliphatic rings. The number of ether oxygens (including phenoxy) is 1. The number of hydrogen-bond donors (Lipinski definition) is 1. The molecule has 1 heterocycles. The number of alkyl halides is 1. The van der Waals surface area contributed by atoms with Gasteiger partial charge in [-0.15, -0.1) is 0 Å². The molecular formula is C10H17BrO2. The number of halogens is 1. The summed E-state index contributed by atoms with van der Waals surface area (Å²) in [6.45, 7) is 8.86. The quantitative estimate of drug-likeness (QED) is 0.667. The van der Waals surface area contributed by atoms with E-state index in [1.807, 2.05) is 20.8 Å². The maximum atomic E-state index is 10.5. The number of aliphatic hydroxyl groups is 1. The van der Waals surface area contributed by atoms with Gasteiger partial charge < -0.3 is 9.84 Å². The van der Waals surface area contributed by atoms with Crippen molar-refractivity contribution in [2.45, 2.75) is 44.2 Å². The molecule has 0 amide bonds. The molecule has 1 aliphatic heterocycles. The Morgan fingerprint density at radius 3 is 2.08 bits per heavy atom. The summed E-state index contributed by atoms with van der Waals surface area (Å²) in [4.78, 5) is 0. The van der Waals surface area contributed by atoms with Gasteiger partial charge >= 0.3 is 0 Å². The van der Waals surface area contributed by atoms with E-state index in [0.717, 1.165) is 6.42 Å². The van der Waals surface area contributed by atoms with Gasteiger partial charge in [0.05, 0.1) is 10.9 Å². The molecule has 2 nitrogen and oxygen atoms in total. The maximum absolute atomic E-state index is 10.5. The van der Waals surface area contributed by atoms with Crippen molar-refractivity contribution in [3.05, 3.63) is 0 Å². The summed E-state index contributed by atoms with van der Waals surface area (Å²) < 4.78 is 5.36. The zero-order valence-corrected chi connectivity index (χ0v) is 10.2. The minimum atomic E-state index is -1.02. The Labute approximate surface area is 87.8 Å². The molecular weight excluding hydrogens is 232 g/mol.